The van der Waals surface area contributed by atoms with Gasteiger partial charge >= 0.3 is 0 Å². The number of halogens is 1. The maximum atomic E-state index is 10.8. The minimum absolute atomic E-state index is 0.337. The highest BCUT2D eigenvalue weighted by Crippen LogP contribution is 2.42. The molecule has 0 aromatic heterocycles. The number of methoxy groups -OCH3 is 2. The van der Waals surface area contributed by atoms with Crippen molar-refractivity contribution in [3.63, 3.8) is 0 Å². The van der Waals surface area contributed by atoms with Crippen LogP contribution in [0.4, 0.5) is 0 Å². The van der Waals surface area contributed by atoms with Crippen LogP contribution in [0.25, 0.3) is 0 Å². The number of ether oxygens (including phenoxy) is 4. The van der Waals surface area contributed by atoms with Crippen molar-refractivity contribution in [2.24, 2.45) is 0 Å². The summed E-state index contributed by atoms with van der Waals surface area (Å²) in [5.74, 6) is -1.12. The Kier molecular flexibility index (Phi) is 8.13. The van der Waals surface area contributed by atoms with Gasteiger partial charge in [0.05, 0.1) is 13.2 Å². The molecule has 2 aromatic rings. The van der Waals surface area contributed by atoms with Crippen molar-refractivity contribution in [3.05, 3.63) is 64.2 Å². The summed E-state index contributed by atoms with van der Waals surface area (Å²) < 4.78 is 22.5. The van der Waals surface area contributed by atoms with Gasteiger partial charge in [-0.2, -0.15) is 0 Å². The zero-order chi connectivity index (χ0) is 23.5. The normalized spacial score (nSPS) is 29.0. The van der Waals surface area contributed by atoms with Crippen molar-refractivity contribution < 1.29 is 39.4 Å². The van der Waals surface area contributed by atoms with Crippen LogP contribution in [0.15, 0.2) is 42.5 Å². The maximum absolute atomic E-state index is 10.8. The maximum Gasteiger partial charge on any atom is 0.224 e. The topological polar surface area (TPSA) is 118 Å². The molecule has 8 nitrogen and oxygen atoms in total. The van der Waals surface area contributed by atoms with E-state index >= 15 is 0 Å². The van der Waals surface area contributed by atoms with Crippen molar-refractivity contribution in [2.45, 2.75) is 43.2 Å². The van der Waals surface area contributed by atoms with E-state index in [1.165, 1.54) is 7.11 Å². The third-order valence-corrected chi connectivity index (χ3v) is 6.01. The van der Waals surface area contributed by atoms with E-state index in [1.807, 2.05) is 31.2 Å². The van der Waals surface area contributed by atoms with E-state index in [1.54, 1.807) is 25.3 Å². The van der Waals surface area contributed by atoms with Gasteiger partial charge in [-0.1, -0.05) is 29.8 Å². The zero-order valence-corrected chi connectivity index (χ0v) is 18.9. The molecule has 1 heterocycles. The number of aliphatic hydroxyl groups is 4. The van der Waals surface area contributed by atoms with Crippen LogP contribution >= 0.6 is 11.6 Å². The molecule has 1 aliphatic rings. The number of rotatable bonds is 8. The summed E-state index contributed by atoms with van der Waals surface area (Å²) in [5, 5.41) is 41.2. The monoisotopic (exact) mass is 468 g/mol. The molecule has 32 heavy (non-hydrogen) atoms. The first kappa shape index (κ1) is 24.9. The van der Waals surface area contributed by atoms with Gasteiger partial charge in [0, 0.05) is 30.4 Å². The van der Waals surface area contributed by atoms with Gasteiger partial charge in [0.1, 0.15) is 36.3 Å². The first-order valence-corrected chi connectivity index (χ1v) is 10.6. The van der Waals surface area contributed by atoms with Crippen LogP contribution in [0.1, 0.15) is 29.7 Å². The van der Waals surface area contributed by atoms with Crippen LogP contribution in [0.2, 0.25) is 5.02 Å². The average Bonchev–Trinajstić information content (AvgIpc) is 2.81. The lowest BCUT2D eigenvalue weighted by molar-refractivity contribution is -0.366. The van der Waals surface area contributed by atoms with E-state index in [2.05, 4.69) is 0 Å². The van der Waals surface area contributed by atoms with Gasteiger partial charge in [-0.25, -0.2) is 0 Å². The molecule has 0 aliphatic carbocycles. The van der Waals surface area contributed by atoms with E-state index in [0.29, 0.717) is 22.8 Å². The second kappa shape index (κ2) is 10.5. The Balaban J connectivity index is 2.04. The third-order valence-electron chi connectivity index (χ3n) is 5.66. The van der Waals surface area contributed by atoms with Crippen LogP contribution in [-0.4, -0.2) is 72.3 Å². The van der Waals surface area contributed by atoms with Gasteiger partial charge in [0.25, 0.3) is 0 Å². The van der Waals surface area contributed by atoms with Gasteiger partial charge in [-0.3, -0.25) is 0 Å². The van der Waals surface area contributed by atoms with Crippen LogP contribution < -0.4 is 4.74 Å². The van der Waals surface area contributed by atoms with Crippen molar-refractivity contribution in [1.82, 2.24) is 0 Å². The second-order valence-electron chi connectivity index (χ2n) is 7.49. The van der Waals surface area contributed by atoms with E-state index in [-0.39, 0.29) is 0 Å². The fraction of sp³-hybridized carbons (Fsp3) is 0.478. The standard InChI is InChI=1S/C23H29ClO8/c1-4-31-15-8-5-13(6-9-15)21(29-2)16-11-14(7-10-17(16)24)23(30-3)22(28)20(27)19(26)18(12-25)32-23/h5-11,18-22,25-28H,4,12H2,1-3H3/t18-,19-,20+,21?,22-,23+/m1/s1. The molecule has 1 unspecified atom stereocenters. The molecule has 9 heteroatoms. The molecule has 0 spiro atoms. The van der Waals surface area contributed by atoms with Crippen molar-refractivity contribution in [1.29, 1.82) is 0 Å². The molecule has 0 radical (unpaired) electrons. The highest BCUT2D eigenvalue weighted by molar-refractivity contribution is 6.31. The van der Waals surface area contributed by atoms with Crippen molar-refractivity contribution >= 4 is 11.6 Å². The highest BCUT2D eigenvalue weighted by atomic mass is 35.5. The van der Waals surface area contributed by atoms with Gasteiger partial charge in [0.2, 0.25) is 5.79 Å². The molecule has 1 aliphatic heterocycles. The molecule has 176 valence electrons. The van der Waals surface area contributed by atoms with E-state index in [0.717, 1.165) is 11.3 Å². The summed E-state index contributed by atoms with van der Waals surface area (Å²) in [4.78, 5) is 0. The molecule has 2 aromatic carbocycles. The second-order valence-corrected chi connectivity index (χ2v) is 7.90. The fourth-order valence-corrected chi connectivity index (χ4v) is 4.19. The predicted octanol–water partition coefficient (Wildman–Crippen LogP) is 1.75. The fourth-order valence-electron chi connectivity index (χ4n) is 3.98. The summed E-state index contributed by atoms with van der Waals surface area (Å²) in [7, 11) is 2.85. The number of aliphatic hydroxyl groups excluding tert-OH is 4. The molecule has 3 rings (SSSR count). The summed E-state index contributed by atoms with van der Waals surface area (Å²) in [5.41, 5.74) is 1.73. The lowest BCUT2D eigenvalue weighted by atomic mass is 9.86. The van der Waals surface area contributed by atoms with E-state index in [4.69, 9.17) is 30.5 Å². The van der Waals surface area contributed by atoms with Crippen LogP contribution in [-0.2, 0) is 20.0 Å². The Hall–Kier alpha value is -1.75. The summed E-state index contributed by atoms with van der Waals surface area (Å²) in [6.45, 7) is 1.88. The molecule has 4 N–H and O–H groups in total. The largest absolute Gasteiger partial charge is 0.494 e. The summed E-state index contributed by atoms with van der Waals surface area (Å²) in [6, 6.07) is 12.2. The first-order valence-electron chi connectivity index (χ1n) is 10.3. The van der Waals surface area contributed by atoms with Crippen LogP contribution in [0.3, 0.4) is 0 Å². The van der Waals surface area contributed by atoms with Crippen molar-refractivity contribution in [2.75, 3.05) is 27.4 Å². The Bertz CT molecular complexity index is 890. The lowest BCUT2D eigenvalue weighted by Crippen LogP contribution is -2.64. The van der Waals surface area contributed by atoms with Gasteiger partial charge in [-0.05, 0) is 36.8 Å². The Labute approximate surface area is 191 Å². The Morgan fingerprint density at radius 3 is 2.31 bits per heavy atom. The molecule has 0 saturated carbocycles. The molecular formula is C23H29ClO8. The number of hydrogen-bond donors (Lipinski definition) is 4. The van der Waals surface area contributed by atoms with Gasteiger partial charge < -0.3 is 39.4 Å². The van der Waals surface area contributed by atoms with Crippen LogP contribution in [0, 0.1) is 0 Å². The average molecular weight is 469 g/mol. The molecule has 6 atom stereocenters. The summed E-state index contributed by atoms with van der Waals surface area (Å²) >= 11 is 6.49. The molecule has 1 saturated heterocycles. The molecular weight excluding hydrogens is 440 g/mol. The van der Waals surface area contributed by atoms with Crippen molar-refractivity contribution in [3.8, 4) is 5.75 Å². The van der Waals surface area contributed by atoms with E-state index < -0.39 is 42.9 Å². The smallest absolute Gasteiger partial charge is 0.224 e. The lowest BCUT2D eigenvalue weighted by Gasteiger charge is -2.47. The van der Waals surface area contributed by atoms with Gasteiger partial charge in [0.15, 0.2) is 0 Å². The van der Waals surface area contributed by atoms with Crippen LogP contribution in [0.5, 0.6) is 5.75 Å². The predicted molar refractivity (Wildman–Crippen MR) is 117 cm³/mol. The number of hydrogen-bond acceptors (Lipinski definition) is 8. The Morgan fingerprint density at radius 1 is 1.06 bits per heavy atom. The SMILES string of the molecule is CCOc1ccc(C(OC)c2cc([C@]3(OC)O[C@H](CO)[C@@H](O)[C@H](O)[C@H]3O)ccc2Cl)cc1. The van der Waals surface area contributed by atoms with Gasteiger partial charge in [-0.15, -0.1) is 0 Å². The molecule has 0 bridgehead atoms. The van der Waals surface area contributed by atoms with E-state index in [9.17, 15) is 20.4 Å². The minimum Gasteiger partial charge on any atom is -0.494 e. The summed E-state index contributed by atoms with van der Waals surface area (Å²) in [6.07, 6.45) is -6.45. The molecule has 0 amide bonds. The highest BCUT2D eigenvalue weighted by Gasteiger charge is 2.55. The zero-order valence-electron chi connectivity index (χ0n) is 18.1. The Morgan fingerprint density at radius 2 is 1.75 bits per heavy atom. The quantitative estimate of drug-likeness (QED) is 0.463. The third kappa shape index (κ3) is 4.50. The number of benzene rings is 2. The molecule has 1 fully saturated rings. The first-order chi connectivity index (χ1) is 15.3. The minimum atomic E-state index is -1.84.